The largest absolute Gasteiger partial charge is 0.492 e. The van der Waals surface area contributed by atoms with Gasteiger partial charge in [0.2, 0.25) is 0 Å². The molecule has 0 saturated carbocycles. The third kappa shape index (κ3) is 5.06. The van der Waals surface area contributed by atoms with E-state index in [-0.39, 0.29) is 5.91 Å². The first-order valence-electron chi connectivity index (χ1n) is 8.59. The molecule has 0 fully saturated rings. The van der Waals surface area contributed by atoms with Gasteiger partial charge in [0.05, 0.1) is 0 Å². The maximum absolute atomic E-state index is 12.3. The van der Waals surface area contributed by atoms with Gasteiger partial charge in [-0.3, -0.25) is 4.79 Å². The Hall–Kier alpha value is -1.85. The molecule has 0 aromatic heterocycles. The highest BCUT2D eigenvalue weighted by Crippen LogP contribution is 2.26. The van der Waals surface area contributed by atoms with Gasteiger partial charge in [-0.2, -0.15) is 0 Å². The summed E-state index contributed by atoms with van der Waals surface area (Å²) in [5.74, 6) is 0.895. The quantitative estimate of drug-likeness (QED) is 0.733. The van der Waals surface area contributed by atoms with Crippen molar-refractivity contribution in [2.75, 3.05) is 33.3 Å². The van der Waals surface area contributed by atoms with Crippen LogP contribution in [0.1, 0.15) is 27.9 Å². The third-order valence-corrected chi connectivity index (χ3v) is 4.83. The van der Waals surface area contributed by atoms with Gasteiger partial charge >= 0.3 is 0 Å². The fraction of sp³-hybridized carbons (Fsp3) is 0.350. The number of fused-ring (bicyclic) bond motifs is 3. The second-order valence-corrected chi connectivity index (χ2v) is 7.31. The lowest BCUT2D eigenvalue weighted by molar-refractivity contribution is 0.0951. The number of amides is 1. The van der Waals surface area contributed by atoms with E-state index in [0.29, 0.717) is 18.7 Å². The monoisotopic (exact) mass is 402 g/mol. The summed E-state index contributed by atoms with van der Waals surface area (Å²) in [5, 5.41) is 3.01. The van der Waals surface area contributed by atoms with Crippen LogP contribution in [0.4, 0.5) is 0 Å². The SMILES string of the molecule is CN1CCCNC(=O)c2cccc(c2)Cc2cc(Br)ccc2OCC1. The molecule has 0 saturated heterocycles. The molecule has 0 aliphatic carbocycles. The summed E-state index contributed by atoms with van der Waals surface area (Å²) >= 11 is 3.54. The van der Waals surface area contributed by atoms with Crippen molar-refractivity contribution in [3.05, 3.63) is 63.6 Å². The van der Waals surface area contributed by atoms with Gasteiger partial charge in [0.15, 0.2) is 0 Å². The topological polar surface area (TPSA) is 41.6 Å². The standard InChI is InChI=1S/C20H23BrN2O2/c1-23-9-3-8-22-20(24)16-5-2-4-15(12-16)13-17-14-18(21)6-7-19(17)25-11-10-23/h2,4-7,12,14H,3,8-11,13H2,1H3,(H,22,24). The summed E-state index contributed by atoms with van der Waals surface area (Å²) in [6.45, 7) is 3.12. The van der Waals surface area contributed by atoms with Crippen LogP contribution < -0.4 is 10.1 Å². The number of nitrogens with one attached hydrogen (secondary N) is 1. The number of benzene rings is 2. The molecular weight excluding hydrogens is 380 g/mol. The molecule has 1 heterocycles. The van der Waals surface area contributed by atoms with Gasteiger partial charge < -0.3 is 15.0 Å². The number of ether oxygens (including phenoxy) is 1. The van der Waals surface area contributed by atoms with Gasteiger partial charge in [-0.1, -0.05) is 28.1 Å². The number of nitrogens with zero attached hydrogens (tertiary/aromatic N) is 1. The Labute approximate surface area is 157 Å². The fourth-order valence-corrected chi connectivity index (χ4v) is 3.35. The molecular formula is C20H23BrN2O2. The van der Waals surface area contributed by atoms with Crippen molar-refractivity contribution in [1.29, 1.82) is 0 Å². The van der Waals surface area contributed by atoms with E-state index < -0.39 is 0 Å². The number of likely N-dealkylation sites (N-methyl/N-ethyl adjacent to an activating group) is 1. The lowest BCUT2D eigenvalue weighted by atomic mass is 10.0. The van der Waals surface area contributed by atoms with Gasteiger partial charge in [-0.15, -0.1) is 0 Å². The van der Waals surface area contributed by atoms with Crippen LogP contribution in [-0.4, -0.2) is 44.1 Å². The Morgan fingerprint density at radius 2 is 2.04 bits per heavy atom. The zero-order chi connectivity index (χ0) is 17.6. The summed E-state index contributed by atoms with van der Waals surface area (Å²) in [6.07, 6.45) is 1.65. The minimum atomic E-state index is -0.00918. The average Bonchev–Trinajstić information content (AvgIpc) is 2.60. The molecule has 5 heteroatoms. The molecule has 1 aliphatic rings. The molecule has 0 radical (unpaired) electrons. The molecule has 0 atom stereocenters. The molecule has 132 valence electrons. The molecule has 2 aromatic rings. The predicted octanol–water partition coefficient (Wildman–Crippen LogP) is 3.48. The second-order valence-electron chi connectivity index (χ2n) is 6.39. The van der Waals surface area contributed by atoms with Gasteiger partial charge in [-0.25, -0.2) is 0 Å². The van der Waals surface area contributed by atoms with Crippen LogP contribution in [0.15, 0.2) is 46.9 Å². The molecule has 3 rings (SSSR count). The Morgan fingerprint density at radius 3 is 2.92 bits per heavy atom. The highest BCUT2D eigenvalue weighted by Gasteiger charge is 2.11. The molecule has 4 nitrogen and oxygen atoms in total. The minimum Gasteiger partial charge on any atom is -0.492 e. The van der Waals surface area contributed by atoms with E-state index in [9.17, 15) is 4.79 Å². The third-order valence-electron chi connectivity index (χ3n) is 4.34. The van der Waals surface area contributed by atoms with E-state index in [0.717, 1.165) is 47.3 Å². The molecule has 1 amide bonds. The Kier molecular flexibility index (Phi) is 6.10. The zero-order valence-corrected chi connectivity index (χ0v) is 16.0. The number of halogens is 1. The molecule has 25 heavy (non-hydrogen) atoms. The van der Waals surface area contributed by atoms with Crippen molar-refractivity contribution in [2.45, 2.75) is 12.8 Å². The van der Waals surface area contributed by atoms with E-state index in [2.05, 4.69) is 39.3 Å². The number of hydrogen-bond acceptors (Lipinski definition) is 3. The van der Waals surface area contributed by atoms with Crippen LogP contribution >= 0.6 is 15.9 Å². The van der Waals surface area contributed by atoms with Gasteiger partial charge in [0.1, 0.15) is 12.4 Å². The van der Waals surface area contributed by atoms with Crippen molar-refractivity contribution in [1.82, 2.24) is 10.2 Å². The van der Waals surface area contributed by atoms with Gasteiger partial charge in [-0.05, 0) is 61.5 Å². The van der Waals surface area contributed by atoms with E-state index in [1.165, 1.54) is 0 Å². The summed E-state index contributed by atoms with van der Waals surface area (Å²) in [6, 6.07) is 13.9. The maximum atomic E-state index is 12.3. The molecule has 2 bridgehead atoms. The van der Waals surface area contributed by atoms with E-state index >= 15 is 0 Å². The van der Waals surface area contributed by atoms with Gasteiger partial charge in [0.25, 0.3) is 5.91 Å². The first-order chi connectivity index (χ1) is 12.1. The van der Waals surface area contributed by atoms with Crippen molar-refractivity contribution >= 4 is 21.8 Å². The summed E-state index contributed by atoms with van der Waals surface area (Å²) in [7, 11) is 2.08. The number of carbonyl (C=O) groups is 1. The minimum absolute atomic E-state index is 0.00918. The summed E-state index contributed by atoms with van der Waals surface area (Å²) < 4.78 is 7.06. The van der Waals surface area contributed by atoms with E-state index in [1.54, 1.807) is 0 Å². The molecule has 2 aromatic carbocycles. The molecule has 0 unspecified atom stereocenters. The van der Waals surface area contributed by atoms with Gasteiger partial charge in [0, 0.05) is 29.5 Å². The molecule has 0 spiro atoms. The van der Waals surface area contributed by atoms with Crippen LogP contribution in [0.3, 0.4) is 0 Å². The van der Waals surface area contributed by atoms with Crippen molar-refractivity contribution in [3.8, 4) is 5.75 Å². The second kappa shape index (κ2) is 8.50. The summed E-state index contributed by atoms with van der Waals surface area (Å²) in [4.78, 5) is 14.6. The first kappa shape index (κ1) is 18.0. The van der Waals surface area contributed by atoms with Crippen LogP contribution in [0.2, 0.25) is 0 Å². The number of hydrogen-bond donors (Lipinski definition) is 1. The van der Waals surface area contributed by atoms with Crippen molar-refractivity contribution in [2.24, 2.45) is 0 Å². The van der Waals surface area contributed by atoms with Crippen LogP contribution in [0.25, 0.3) is 0 Å². The maximum Gasteiger partial charge on any atom is 0.251 e. The smallest absolute Gasteiger partial charge is 0.251 e. The highest BCUT2D eigenvalue weighted by molar-refractivity contribution is 9.10. The lowest BCUT2D eigenvalue weighted by Gasteiger charge is -2.18. The Balaban J connectivity index is 1.90. The van der Waals surface area contributed by atoms with Crippen LogP contribution in [0.5, 0.6) is 5.75 Å². The van der Waals surface area contributed by atoms with Crippen LogP contribution in [0, 0.1) is 0 Å². The highest BCUT2D eigenvalue weighted by atomic mass is 79.9. The summed E-state index contributed by atoms with van der Waals surface area (Å²) in [5.41, 5.74) is 2.92. The lowest BCUT2D eigenvalue weighted by Crippen LogP contribution is -2.30. The molecule has 1 N–H and O–H groups in total. The first-order valence-corrected chi connectivity index (χ1v) is 9.38. The molecule has 1 aliphatic heterocycles. The van der Waals surface area contributed by atoms with Crippen molar-refractivity contribution < 1.29 is 9.53 Å². The number of carbonyl (C=O) groups excluding carboxylic acids is 1. The zero-order valence-electron chi connectivity index (χ0n) is 14.4. The Bertz CT molecular complexity index is 748. The van der Waals surface area contributed by atoms with E-state index in [4.69, 9.17) is 4.74 Å². The van der Waals surface area contributed by atoms with E-state index in [1.807, 2.05) is 36.4 Å². The number of rotatable bonds is 0. The average molecular weight is 403 g/mol. The van der Waals surface area contributed by atoms with Crippen LogP contribution in [-0.2, 0) is 6.42 Å². The van der Waals surface area contributed by atoms with Crippen molar-refractivity contribution in [3.63, 3.8) is 0 Å². The predicted molar refractivity (Wildman–Crippen MR) is 103 cm³/mol. The fourth-order valence-electron chi connectivity index (χ4n) is 2.95. The normalized spacial score (nSPS) is 16.8. The Morgan fingerprint density at radius 1 is 1.16 bits per heavy atom.